The Labute approximate surface area is 124 Å². The minimum Gasteiger partial charge on any atom is -0.339 e. The van der Waals surface area contributed by atoms with Crippen molar-refractivity contribution in [2.75, 3.05) is 13.1 Å². The van der Waals surface area contributed by atoms with Gasteiger partial charge in [0.05, 0.1) is 0 Å². The van der Waals surface area contributed by atoms with Crippen molar-refractivity contribution in [3.05, 3.63) is 0 Å². The van der Waals surface area contributed by atoms with Crippen molar-refractivity contribution >= 4 is 5.91 Å². The summed E-state index contributed by atoms with van der Waals surface area (Å²) < 4.78 is 0. The van der Waals surface area contributed by atoms with E-state index in [1.54, 1.807) is 0 Å². The zero-order valence-corrected chi connectivity index (χ0v) is 13.4. The summed E-state index contributed by atoms with van der Waals surface area (Å²) in [5.41, 5.74) is 5.62. The van der Waals surface area contributed by atoms with Gasteiger partial charge in [0, 0.05) is 18.0 Å². The number of hydrogen-bond donors (Lipinski definition) is 1. The van der Waals surface area contributed by atoms with Gasteiger partial charge in [0.2, 0.25) is 5.91 Å². The maximum absolute atomic E-state index is 13.2. The third-order valence-corrected chi connectivity index (χ3v) is 5.19. The van der Waals surface area contributed by atoms with Crippen molar-refractivity contribution in [2.24, 2.45) is 17.1 Å². The third kappa shape index (κ3) is 3.36. The van der Waals surface area contributed by atoms with Gasteiger partial charge < -0.3 is 10.6 Å². The molecule has 2 fully saturated rings. The topological polar surface area (TPSA) is 46.3 Å². The standard InChI is InChI=1S/C17H32N2O/c1-14(2)13-17(9-3-4-10-17)16(20)19(12-6-11-18)15-7-5-8-15/h14-15H,3-13,18H2,1-2H3. The first-order valence-corrected chi connectivity index (χ1v) is 8.60. The van der Waals surface area contributed by atoms with Crippen LogP contribution in [0.15, 0.2) is 0 Å². The van der Waals surface area contributed by atoms with Gasteiger partial charge >= 0.3 is 0 Å². The van der Waals surface area contributed by atoms with Gasteiger partial charge in [-0.1, -0.05) is 26.7 Å². The normalized spacial score (nSPS) is 22.0. The number of carbonyl (C=O) groups is 1. The lowest BCUT2D eigenvalue weighted by atomic mass is 9.76. The van der Waals surface area contributed by atoms with Gasteiger partial charge in [0.1, 0.15) is 0 Å². The van der Waals surface area contributed by atoms with Gasteiger partial charge in [-0.25, -0.2) is 0 Å². The number of carbonyl (C=O) groups excluding carboxylic acids is 1. The van der Waals surface area contributed by atoms with Crippen molar-refractivity contribution in [3.63, 3.8) is 0 Å². The molecule has 2 saturated carbocycles. The fraction of sp³-hybridized carbons (Fsp3) is 0.941. The average Bonchev–Trinajstić information content (AvgIpc) is 2.79. The highest BCUT2D eigenvalue weighted by Crippen LogP contribution is 2.45. The van der Waals surface area contributed by atoms with Gasteiger partial charge in [-0.15, -0.1) is 0 Å². The lowest BCUT2D eigenvalue weighted by Crippen LogP contribution is -2.51. The van der Waals surface area contributed by atoms with Gasteiger partial charge in [0.25, 0.3) is 0 Å². The van der Waals surface area contributed by atoms with Crippen LogP contribution in [-0.2, 0) is 4.79 Å². The largest absolute Gasteiger partial charge is 0.339 e. The molecule has 0 saturated heterocycles. The molecule has 0 unspecified atom stereocenters. The van der Waals surface area contributed by atoms with E-state index in [0.717, 1.165) is 32.2 Å². The molecule has 2 rings (SSSR count). The molecular formula is C17H32N2O. The van der Waals surface area contributed by atoms with Crippen LogP contribution in [0.25, 0.3) is 0 Å². The average molecular weight is 280 g/mol. The first-order valence-electron chi connectivity index (χ1n) is 8.60. The highest BCUT2D eigenvalue weighted by atomic mass is 16.2. The number of rotatable bonds is 7. The summed E-state index contributed by atoms with van der Waals surface area (Å²) in [7, 11) is 0. The highest BCUT2D eigenvalue weighted by molar-refractivity contribution is 5.83. The SMILES string of the molecule is CC(C)CC1(C(=O)N(CCCN)C2CCC2)CCCC1. The summed E-state index contributed by atoms with van der Waals surface area (Å²) in [6.45, 7) is 6.06. The summed E-state index contributed by atoms with van der Waals surface area (Å²) in [5, 5.41) is 0. The van der Waals surface area contributed by atoms with Crippen molar-refractivity contribution in [3.8, 4) is 0 Å². The molecule has 0 bridgehead atoms. The molecule has 3 nitrogen and oxygen atoms in total. The number of nitrogens with two attached hydrogens (primary N) is 1. The first kappa shape index (κ1) is 15.8. The molecule has 0 aromatic rings. The van der Waals surface area contributed by atoms with Crippen molar-refractivity contribution in [1.29, 1.82) is 0 Å². The van der Waals surface area contributed by atoms with Crippen LogP contribution >= 0.6 is 0 Å². The van der Waals surface area contributed by atoms with E-state index in [1.807, 2.05) is 0 Å². The zero-order valence-electron chi connectivity index (χ0n) is 13.4. The Bertz CT molecular complexity index is 317. The van der Waals surface area contributed by atoms with Crippen LogP contribution in [0.3, 0.4) is 0 Å². The Morgan fingerprint density at radius 1 is 1.25 bits per heavy atom. The Kier molecular flexibility index (Phi) is 5.48. The van der Waals surface area contributed by atoms with E-state index in [0.29, 0.717) is 24.4 Å². The molecule has 0 aromatic carbocycles. The van der Waals surface area contributed by atoms with E-state index in [9.17, 15) is 4.79 Å². The van der Waals surface area contributed by atoms with E-state index < -0.39 is 0 Å². The smallest absolute Gasteiger partial charge is 0.229 e. The van der Waals surface area contributed by atoms with E-state index in [1.165, 1.54) is 32.1 Å². The Morgan fingerprint density at radius 2 is 1.90 bits per heavy atom. The van der Waals surface area contributed by atoms with Crippen LogP contribution in [0.2, 0.25) is 0 Å². The van der Waals surface area contributed by atoms with Gasteiger partial charge in [-0.05, 0) is 57.4 Å². The molecule has 2 N–H and O–H groups in total. The Hall–Kier alpha value is -0.570. The minimum atomic E-state index is -0.0433. The molecule has 2 aliphatic carbocycles. The molecule has 3 heteroatoms. The summed E-state index contributed by atoms with van der Waals surface area (Å²) >= 11 is 0. The van der Waals surface area contributed by atoms with Crippen LogP contribution < -0.4 is 5.73 Å². The number of nitrogens with zero attached hydrogens (tertiary/aromatic N) is 1. The van der Waals surface area contributed by atoms with E-state index in [4.69, 9.17) is 5.73 Å². The fourth-order valence-electron chi connectivity index (χ4n) is 4.05. The van der Waals surface area contributed by atoms with Crippen molar-refractivity contribution in [2.45, 2.75) is 77.7 Å². The molecule has 0 atom stereocenters. The summed E-state index contributed by atoms with van der Waals surface area (Å²) in [5.74, 6) is 1.07. The Balaban J connectivity index is 2.10. The van der Waals surface area contributed by atoms with Crippen LogP contribution in [0, 0.1) is 11.3 Å². The number of amides is 1. The highest BCUT2D eigenvalue weighted by Gasteiger charge is 2.45. The molecule has 0 heterocycles. The van der Waals surface area contributed by atoms with Crippen LogP contribution in [0.4, 0.5) is 0 Å². The molecular weight excluding hydrogens is 248 g/mol. The Morgan fingerprint density at radius 3 is 2.35 bits per heavy atom. The van der Waals surface area contributed by atoms with Crippen LogP contribution in [0.5, 0.6) is 0 Å². The summed E-state index contributed by atoms with van der Waals surface area (Å²) in [6, 6.07) is 0.513. The molecule has 116 valence electrons. The predicted molar refractivity (Wildman–Crippen MR) is 83.4 cm³/mol. The minimum absolute atomic E-state index is 0.0433. The summed E-state index contributed by atoms with van der Waals surface area (Å²) in [6.07, 6.45) is 10.4. The van der Waals surface area contributed by atoms with Gasteiger partial charge in [0.15, 0.2) is 0 Å². The maximum Gasteiger partial charge on any atom is 0.229 e. The molecule has 2 aliphatic rings. The van der Waals surface area contributed by atoms with Crippen molar-refractivity contribution in [1.82, 2.24) is 4.90 Å². The maximum atomic E-state index is 13.2. The van der Waals surface area contributed by atoms with Gasteiger partial charge in [-0.2, -0.15) is 0 Å². The fourth-order valence-corrected chi connectivity index (χ4v) is 4.05. The molecule has 20 heavy (non-hydrogen) atoms. The van der Waals surface area contributed by atoms with Gasteiger partial charge in [-0.3, -0.25) is 4.79 Å². The predicted octanol–water partition coefficient (Wildman–Crippen LogP) is 3.32. The van der Waals surface area contributed by atoms with Crippen molar-refractivity contribution < 1.29 is 4.79 Å². The monoisotopic (exact) mass is 280 g/mol. The quantitative estimate of drug-likeness (QED) is 0.777. The lowest BCUT2D eigenvalue weighted by molar-refractivity contribution is -0.147. The molecule has 0 radical (unpaired) electrons. The molecule has 0 aromatic heterocycles. The van der Waals surface area contributed by atoms with Crippen LogP contribution in [0.1, 0.15) is 71.6 Å². The third-order valence-electron chi connectivity index (χ3n) is 5.19. The second-order valence-electron chi connectivity index (χ2n) is 7.31. The molecule has 0 spiro atoms. The molecule has 1 amide bonds. The lowest BCUT2D eigenvalue weighted by Gasteiger charge is -2.43. The second kappa shape index (κ2) is 6.93. The van der Waals surface area contributed by atoms with E-state index in [-0.39, 0.29) is 5.41 Å². The first-order chi connectivity index (χ1) is 9.59. The molecule has 0 aliphatic heterocycles. The van der Waals surface area contributed by atoms with E-state index in [2.05, 4.69) is 18.7 Å². The second-order valence-corrected chi connectivity index (χ2v) is 7.31. The van der Waals surface area contributed by atoms with Crippen LogP contribution in [-0.4, -0.2) is 29.9 Å². The van der Waals surface area contributed by atoms with E-state index >= 15 is 0 Å². The zero-order chi connectivity index (χ0) is 14.6. The number of hydrogen-bond acceptors (Lipinski definition) is 2. The summed E-state index contributed by atoms with van der Waals surface area (Å²) in [4.78, 5) is 15.4.